The molecule has 0 amide bonds. The van der Waals surface area contributed by atoms with Crippen LogP contribution in [-0.2, 0) is 16.7 Å². The average Bonchev–Trinajstić information content (AvgIpc) is 2.99. The Morgan fingerprint density at radius 1 is 1.19 bits per heavy atom. The Labute approximate surface area is 192 Å². The number of aliphatic hydroxyl groups is 1. The van der Waals surface area contributed by atoms with E-state index in [0.29, 0.717) is 36.9 Å². The molecule has 1 atom stereocenters. The van der Waals surface area contributed by atoms with Crippen molar-refractivity contribution in [2.24, 2.45) is 0 Å². The van der Waals surface area contributed by atoms with Gasteiger partial charge in [0.2, 0.25) is 5.95 Å². The fraction of sp³-hybridized carbons (Fsp3) is 0.545. The van der Waals surface area contributed by atoms with Crippen LogP contribution < -0.4 is 10.2 Å². The highest BCUT2D eigenvalue weighted by Crippen LogP contribution is 2.45. The lowest BCUT2D eigenvalue weighted by Gasteiger charge is -2.42. The van der Waals surface area contributed by atoms with Crippen LogP contribution in [0.2, 0.25) is 5.02 Å². The largest absolute Gasteiger partial charge is 0.394 e. The van der Waals surface area contributed by atoms with E-state index in [0.717, 1.165) is 19.3 Å². The molecule has 10 heteroatoms. The highest BCUT2D eigenvalue weighted by Gasteiger charge is 2.49. The summed E-state index contributed by atoms with van der Waals surface area (Å²) in [5, 5.41) is 13.7. The topological polar surface area (TPSA) is 78.4 Å². The zero-order valence-corrected chi connectivity index (χ0v) is 19.1. The first kappa shape index (κ1) is 22.0. The number of fused-ring (bicyclic) bond motifs is 1. The van der Waals surface area contributed by atoms with Crippen molar-refractivity contribution in [2.75, 3.05) is 35.7 Å². The number of aliphatic hydroxyl groups excluding tert-OH is 1. The highest BCUT2D eigenvalue weighted by atomic mass is 35.5. The first-order valence-electron chi connectivity index (χ1n) is 10.9. The van der Waals surface area contributed by atoms with E-state index >= 15 is 0 Å². The number of aromatic nitrogens is 2. The minimum Gasteiger partial charge on any atom is -0.394 e. The van der Waals surface area contributed by atoms with Crippen molar-refractivity contribution in [3.05, 3.63) is 40.5 Å². The minimum absolute atomic E-state index is 0.0190. The SMILES string of the molecule is O=[S@@]1CC(F)(F)c2nc(N3CCC(c4ccc(Cl)cc4)CC3)nc(NC3(CO)CCC3)c21. The molecule has 6 nitrogen and oxygen atoms in total. The van der Waals surface area contributed by atoms with Crippen molar-refractivity contribution >= 4 is 34.2 Å². The molecule has 1 saturated heterocycles. The van der Waals surface area contributed by atoms with E-state index < -0.39 is 33.7 Å². The van der Waals surface area contributed by atoms with E-state index in [9.17, 15) is 18.1 Å². The van der Waals surface area contributed by atoms with E-state index in [2.05, 4.69) is 15.3 Å². The molecule has 3 heterocycles. The molecule has 1 saturated carbocycles. The zero-order valence-electron chi connectivity index (χ0n) is 17.5. The monoisotopic (exact) mass is 482 g/mol. The third kappa shape index (κ3) is 3.88. The molecule has 172 valence electrons. The number of hydrogen-bond donors (Lipinski definition) is 2. The Balaban J connectivity index is 1.43. The van der Waals surface area contributed by atoms with Gasteiger partial charge in [-0.1, -0.05) is 23.7 Å². The van der Waals surface area contributed by atoms with Gasteiger partial charge in [0.25, 0.3) is 0 Å². The average molecular weight is 483 g/mol. The van der Waals surface area contributed by atoms with Gasteiger partial charge in [0.15, 0.2) is 0 Å². The first-order chi connectivity index (χ1) is 15.3. The van der Waals surface area contributed by atoms with Gasteiger partial charge in [-0.3, -0.25) is 4.21 Å². The number of nitrogens with zero attached hydrogens (tertiary/aromatic N) is 3. The van der Waals surface area contributed by atoms with E-state index in [1.807, 2.05) is 29.2 Å². The van der Waals surface area contributed by atoms with Gasteiger partial charge in [0, 0.05) is 18.1 Å². The van der Waals surface area contributed by atoms with E-state index in [1.165, 1.54) is 5.56 Å². The van der Waals surface area contributed by atoms with Crippen LogP contribution >= 0.6 is 11.6 Å². The van der Waals surface area contributed by atoms with Gasteiger partial charge in [-0.2, -0.15) is 13.8 Å². The standard InChI is InChI=1S/C22H25ClF2N4O2S/c23-16-4-2-14(3-5-16)15-6-10-29(11-7-15)20-26-18-17(32(31)13-22(18,24)25)19(27-20)28-21(12-30)8-1-9-21/h2-5,15,30H,1,6-13H2,(H,26,27,28)/t32-/m1/s1. The summed E-state index contributed by atoms with van der Waals surface area (Å²) < 4.78 is 41.8. The fourth-order valence-electron chi connectivity index (χ4n) is 4.76. The smallest absolute Gasteiger partial charge is 0.302 e. The molecule has 1 aromatic heterocycles. The summed E-state index contributed by atoms with van der Waals surface area (Å²) in [6.07, 6.45) is 4.05. The number of benzene rings is 1. The van der Waals surface area contributed by atoms with Gasteiger partial charge in [0.1, 0.15) is 16.4 Å². The molecule has 0 unspecified atom stereocenters. The summed E-state index contributed by atoms with van der Waals surface area (Å²) in [5.74, 6) is -3.28. The lowest BCUT2D eigenvalue weighted by molar-refractivity contribution is 0.0191. The molecule has 2 N–H and O–H groups in total. The highest BCUT2D eigenvalue weighted by molar-refractivity contribution is 7.85. The number of halogens is 3. The van der Waals surface area contributed by atoms with Gasteiger partial charge >= 0.3 is 5.92 Å². The van der Waals surface area contributed by atoms with Crippen LogP contribution in [0.5, 0.6) is 0 Å². The third-order valence-electron chi connectivity index (χ3n) is 6.86. The second-order valence-corrected chi connectivity index (χ2v) is 10.8. The number of anilines is 2. The van der Waals surface area contributed by atoms with E-state index in [4.69, 9.17) is 11.6 Å². The zero-order chi connectivity index (χ0) is 22.5. The van der Waals surface area contributed by atoms with Gasteiger partial charge in [0.05, 0.1) is 28.7 Å². The predicted molar refractivity (Wildman–Crippen MR) is 120 cm³/mol. The number of rotatable bonds is 5. The maximum atomic E-state index is 14.7. The summed E-state index contributed by atoms with van der Waals surface area (Å²) in [6, 6.07) is 7.81. The first-order valence-corrected chi connectivity index (χ1v) is 12.6. The van der Waals surface area contributed by atoms with Crippen molar-refractivity contribution in [2.45, 2.75) is 54.4 Å². The molecule has 0 bridgehead atoms. The van der Waals surface area contributed by atoms with Crippen molar-refractivity contribution in [3.8, 4) is 0 Å². The molecule has 1 aliphatic carbocycles. The lowest BCUT2D eigenvalue weighted by atomic mass is 9.77. The van der Waals surface area contributed by atoms with Crippen LogP contribution in [0.3, 0.4) is 0 Å². The number of hydrogen-bond acceptors (Lipinski definition) is 6. The van der Waals surface area contributed by atoms with Crippen molar-refractivity contribution in [3.63, 3.8) is 0 Å². The van der Waals surface area contributed by atoms with Crippen LogP contribution in [0.4, 0.5) is 20.5 Å². The van der Waals surface area contributed by atoms with Crippen molar-refractivity contribution in [1.29, 1.82) is 0 Å². The normalized spacial score (nSPS) is 24.1. The Hall–Kier alpha value is -1.84. The van der Waals surface area contributed by atoms with Gasteiger partial charge in [-0.05, 0) is 55.7 Å². The Morgan fingerprint density at radius 3 is 2.47 bits per heavy atom. The van der Waals surface area contributed by atoms with Gasteiger partial charge in [-0.25, -0.2) is 4.98 Å². The van der Waals surface area contributed by atoms with Crippen LogP contribution in [0.15, 0.2) is 29.2 Å². The summed E-state index contributed by atoms with van der Waals surface area (Å²) in [7, 11) is -1.89. The van der Waals surface area contributed by atoms with Crippen LogP contribution in [0.1, 0.15) is 49.3 Å². The molecule has 2 aromatic rings. The third-order valence-corrected chi connectivity index (χ3v) is 8.58. The molecule has 5 rings (SSSR count). The second kappa shape index (κ2) is 8.18. The summed E-state index contributed by atoms with van der Waals surface area (Å²) in [5.41, 5.74) is 0.168. The molecule has 32 heavy (non-hydrogen) atoms. The van der Waals surface area contributed by atoms with E-state index in [-0.39, 0.29) is 23.3 Å². The molecule has 0 spiro atoms. The Bertz CT molecular complexity index is 1040. The second-order valence-electron chi connectivity index (χ2n) is 8.97. The summed E-state index contributed by atoms with van der Waals surface area (Å²) in [4.78, 5) is 10.7. The molecule has 2 aliphatic heterocycles. The van der Waals surface area contributed by atoms with Crippen molar-refractivity contribution < 1.29 is 18.1 Å². The molecular formula is C22H25ClF2N4O2S. The lowest BCUT2D eigenvalue weighted by Crippen LogP contribution is -2.49. The van der Waals surface area contributed by atoms with Crippen LogP contribution in [0.25, 0.3) is 0 Å². The molecule has 1 aromatic carbocycles. The van der Waals surface area contributed by atoms with Gasteiger partial charge in [-0.15, -0.1) is 0 Å². The van der Waals surface area contributed by atoms with Crippen LogP contribution in [-0.4, -0.2) is 50.3 Å². The Kier molecular flexibility index (Phi) is 5.62. The van der Waals surface area contributed by atoms with Gasteiger partial charge < -0.3 is 15.3 Å². The molecule has 2 fully saturated rings. The molecule has 0 radical (unpaired) electrons. The fourth-order valence-corrected chi connectivity index (χ4v) is 6.22. The number of alkyl halides is 2. The Morgan fingerprint density at radius 2 is 1.88 bits per heavy atom. The summed E-state index contributed by atoms with van der Waals surface area (Å²) >= 11 is 5.99. The van der Waals surface area contributed by atoms with Crippen molar-refractivity contribution in [1.82, 2.24) is 9.97 Å². The summed E-state index contributed by atoms with van der Waals surface area (Å²) in [6.45, 7) is 1.13. The quantitative estimate of drug-likeness (QED) is 0.669. The predicted octanol–water partition coefficient (Wildman–Crippen LogP) is 4.05. The molecule has 3 aliphatic rings. The maximum Gasteiger partial charge on any atom is 0.302 e. The maximum absolute atomic E-state index is 14.7. The minimum atomic E-state index is -3.26. The number of nitrogens with one attached hydrogen (secondary N) is 1. The molecular weight excluding hydrogens is 458 g/mol. The number of piperidine rings is 1. The van der Waals surface area contributed by atoms with Crippen LogP contribution in [0, 0.1) is 0 Å². The van der Waals surface area contributed by atoms with E-state index in [1.54, 1.807) is 0 Å².